The number of carboxylic acid groups (broad SMARTS) is 1. The molecule has 0 saturated carbocycles. The highest BCUT2D eigenvalue weighted by molar-refractivity contribution is 7.99. The van der Waals surface area contributed by atoms with Crippen molar-refractivity contribution in [2.75, 3.05) is 0 Å². The highest BCUT2D eigenvalue weighted by Crippen LogP contribution is 2.34. The van der Waals surface area contributed by atoms with E-state index in [0.29, 0.717) is 5.02 Å². The topological polar surface area (TPSA) is 53.1 Å². The van der Waals surface area contributed by atoms with Crippen molar-refractivity contribution in [1.82, 2.24) is 4.98 Å². The molecule has 1 aromatic heterocycles. The summed E-state index contributed by atoms with van der Waals surface area (Å²) in [5.74, 6) is -0.931. The van der Waals surface area contributed by atoms with Crippen molar-refractivity contribution in [2.24, 2.45) is 0 Å². The molecule has 0 aliphatic heterocycles. The molecule has 3 aromatic rings. The second-order valence-electron chi connectivity index (χ2n) is 4.27. The number of halogens is 1. The summed E-state index contributed by atoms with van der Waals surface area (Å²) in [4.78, 5) is 16.1. The van der Waals surface area contributed by atoms with Crippen LogP contribution in [-0.2, 0) is 0 Å². The highest BCUT2D eigenvalue weighted by atomic mass is 35.5. The fraction of sp³-hybridized carbons (Fsp3) is 0. The van der Waals surface area contributed by atoms with Crippen LogP contribution in [0.15, 0.2) is 58.5 Å². The normalized spacial score (nSPS) is 10.8. The Morgan fingerprint density at radius 2 is 1.90 bits per heavy atom. The van der Waals surface area contributed by atoms with Gasteiger partial charge in [-0.1, -0.05) is 23.4 Å². The molecule has 0 aliphatic carbocycles. The number of aromatic carboxylic acids is 1. The zero-order valence-electron chi connectivity index (χ0n) is 10.3. The molecule has 0 saturated heterocycles. The third kappa shape index (κ3) is 2.53. The van der Waals surface area contributed by atoms with Crippen LogP contribution in [-0.4, -0.2) is 16.1 Å². The first-order valence-electron chi connectivity index (χ1n) is 5.91. The number of H-pyrrole nitrogens is 1. The van der Waals surface area contributed by atoms with Crippen molar-refractivity contribution in [1.29, 1.82) is 0 Å². The lowest BCUT2D eigenvalue weighted by molar-refractivity contribution is 0.0697. The molecular formula is C15H10ClNO2S. The van der Waals surface area contributed by atoms with Crippen molar-refractivity contribution in [2.45, 2.75) is 9.79 Å². The third-order valence-electron chi connectivity index (χ3n) is 2.92. The van der Waals surface area contributed by atoms with Crippen LogP contribution in [0.3, 0.4) is 0 Å². The van der Waals surface area contributed by atoms with Crippen LogP contribution in [0, 0.1) is 0 Å². The van der Waals surface area contributed by atoms with Gasteiger partial charge in [-0.15, -0.1) is 0 Å². The van der Waals surface area contributed by atoms with Gasteiger partial charge in [-0.3, -0.25) is 0 Å². The monoisotopic (exact) mass is 303 g/mol. The Bertz CT molecular complexity index is 780. The fourth-order valence-electron chi connectivity index (χ4n) is 1.97. The maximum absolute atomic E-state index is 11.2. The van der Waals surface area contributed by atoms with E-state index in [2.05, 4.69) is 4.98 Å². The van der Waals surface area contributed by atoms with Gasteiger partial charge < -0.3 is 10.1 Å². The van der Waals surface area contributed by atoms with Crippen LogP contribution in [0.1, 0.15) is 10.4 Å². The molecule has 0 fully saturated rings. The molecule has 3 rings (SSSR count). The van der Waals surface area contributed by atoms with E-state index in [4.69, 9.17) is 16.7 Å². The largest absolute Gasteiger partial charge is 0.478 e. The highest BCUT2D eigenvalue weighted by Gasteiger charge is 2.11. The molecule has 0 aliphatic rings. The second kappa shape index (κ2) is 5.23. The molecule has 0 radical (unpaired) electrons. The lowest BCUT2D eigenvalue weighted by Gasteiger charge is -2.06. The van der Waals surface area contributed by atoms with Gasteiger partial charge in [0.1, 0.15) is 0 Å². The fourth-order valence-corrected chi connectivity index (χ4v) is 3.10. The van der Waals surface area contributed by atoms with E-state index in [1.807, 2.05) is 36.5 Å². The van der Waals surface area contributed by atoms with E-state index in [-0.39, 0.29) is 5.56 Å². The number of fused-ring (bicyclic) bond motifs is 1. The molecule has 1 heterocycles. The van der Waals surface area contributed by atoms with Crippen molar-refractivity contribution in [3.8, 4) is 0 Å². The molecular weight excluding hydrogens is 294 g/mol. The first kappa shape index (κ1) is 13.1. The number of carboxylic acids is 1. The Morgan fingerprint density at radius 3 is 2.60 bits per heavy atom. The van der Waals surface area contributed by atoms with Gasteiger partial charge in [0.05, 0.1) is 5.56 Å². The maximum Gasteiger partial charge on any atom is 0.335 e. The lowest BCUT2D eigenvalue weighted by Crippen LogP contribution is -1.96. The van der Waals surface area contributed by atoms with Gasteiger partial charge >= 0.3 is 5.97 Å². The first-order valence-corrected chi connectivity index (χ1v) is 7.11. The number of rotatable bonds is 3. The Balaban J connectivity index is 2.07. The van der Waals surface area contributed by atoms with E-state index in [9.17, 15) is 4.79 Å². The van der Waals surface area contributed by atoms with E-state index >= 15 is 0 Å². The zero-order chi connectivity index (χ0) is 14.1. The van der Waals surface area contributed by atoms with Gasteiger partial charge in [-0.25, -0.2) is 4.79 Å². The molecule has 5 heteroatoms. The summed E-state index contributed by atoms with van der Waals surface area (Å²) < 4.78 is 0. The standard InChI is InChI=1S/C15H10ClNO2S/c16-10-1-3-11(4-2-10)20-14-8-9(15(18)19)7-13-12(14)5-6-17-13/h1-8,17H,(H,18,19). The van der Waals surface area contributed by atoms with Gasteiger partial charge in [0.15, 0.2) is 0 Å². The van der Waals surface area contributed by atoms with E-state index in [0.717, 1.165) is 20.7 Å². The molecule has 0 unspecified atom stereocenters. The number of nitrogens with one attached hydrogen (secondary N) is 1. The average molecular weight is 304 g/mol. The summed E-state index contributed by atoms with van der Waals surface area (Å²) in [5.41, 5.74) is 1.10. The van der Waals surface area contributed by atoms with E-state index in [1.165, 1.54) is 11.8 Å². The molecule has 3 nitrogen and oxygen atoms in total. The maximum atomic E-state index is 11.2. The van der Waals surface area contributed by atoms with Gasteiger partial charge in [0, 0.05) is 31.9 Å². The Hall–Kier alpha value is -1.91. The van der Waals surface area contributed by atoms with Crippen LogP contribution in [0.25, 0.3) is 10.9 Å². The predicted molar refractivity (Wildman–Crippen MR) is 80.8 cm³/mol. The molecule has 0 spiro atoms. The predicted octanol–water partition coefficient (Wildman–Crippen LogP) is 4.67. The van der Waals surface area contributed by atoms with E-state index in [1.54, 1.807) is 12.1 Å². The number of aromatic amines is 1. The van der Waals surface area contributed by atoms with Crippen LogP contribution >= 0.6 is 23.4 Å². The minimum Gasteiger partial charge on any atom is -0.478 e. The first-order chi connectivity index (χ1) is 9.63. The summed E-state index contributed by atoms with van der Waals surface area (Å²) in [6.45, 7) is 0. The van der Waals surface area contributed by atoms with Crippen LogP contribution in [0.2, 0.25) is 5.02 Å². The van der Waals surface area contributed by atoms with Gasteiger partial charge in [0.2, 0.25) is 0 Å². The second-order valence-corrected chi connectivity index (χ2v) is 5.83. The van der Waals surface area contributed by atoms with Crippen molar-refractivity contribution in [3.05, 3.63) is 59.2 Å². The molecule has 2 N–H and O–H groups in total. The molecule has 100 valence electrons. The number of hydrogen-bond donors (Lipinski definition) is 2. The summed E-state index contributed by atoms with van der Waals surface area (Å²) in [5, 5.41) is 10.9. The smallest absolute Gasteiger partial charge is 0.335 e. The number of aromatic nitrogens is 1. The van der Waals surface area contributed by atoms with E-state index < -0.39 is 5.97 Å². The van der Waals surface area contributed by atoms with Gasteiger partial charge in [0.25, 0.3) is 0 Å². The molecule has 0 atom stereocenters. The number of hydrogen-bond acceptors (Lipinski definition) is 2. The molecule has 2 aromatic carbocycles. The molecule has 0 amide bonds. The zero-order valence-corrected chi connectivity index (χ0v) is 11.8. The summed E-state index contributed by atoms with van der Waals surface area (Å²) in [6, 6.07) is 12.7. The Labute approximate surface area is 124 Å². The molecule has 0 bridgehead atoms. The summed E-state index contributed by atoms with van der Waals surface area (Å²) in [6.07, 6.45) is 1.81. The Morgan fingerprint density at radius 1 is 1.15 bits per heavy atom. The van der Waals surface area contributed by atoms with Gasteiger partial charge in [-0.2, -0.15) is 0 Å². The third-order valence-corrected chi connectivity index (χ3v) is 4.24. The van der Waals surface area contributed by atoms with Crippen molar-refractivity contribution in [3.63, 3.8) is 0 Å². The lowest BCUT2D eigenvalue weighted by atomic mass is 10.1. The van der Waals surface area contributed by atoms with Crippen LogP contribution in [0.5, 0.6) is 0 Å². The SMILES string of the molecule is O=C(O)c1cc(Sc2ccc(Cl)cc2)c2cc[nH]c2c1. The number of carbonyl (C=O) groups is 1. The van der Waals surface area contributed by atoms with Crippen LogP contribution in [0.4, 0.5) is 0 Å². The van der Waals surface area contributed by atoms with Gasteiger partial charge in [-0.05, 0) is 42.5 Å². The summed E-state index contributed by atoms with van der Waals surface area (Å²) in [7, 11) is 0. The van der Waals surface area contributed by atoms with Crippen molar-refractivity contribution < 1.29 is 9.90 Å². The van der Waals surface area contributed by atoms with Crippen LogP contribution < -0.4 is 0 Å². The quantitative estimate of drug-likeness (QED) is 0.739. The average Bonchev–Trinajstić information content (AvgIpc) is 2.89. The summed E-state index contributed by atoms with van der Waals surface area (Å²) >= 11 is 7.39. The number of benzene rings is 2. The minimum atomic E-state index is -0.931. The van der Waals surface area contributed by atoms with Crippen molar-refractivity contribution >= 4 is 40.2 Å². The minimum absolute atomic E-state index is 0.274. The molecule has 20 heavy (non-hydrogen) atoms. The Kier molecular flexibility index (Phi) is 3.42.